The van der Waals surface area contributed by atoms with Crippen molar-refractivity contribution in [3.63, 3.8) is 0 Å². The molecule has 4 bridgehead atoms. The normalized spacial score (nSPS) is 77.9. The smallest absolute Gasteiger partial charge is 0.164 e. The Bertz CT molecular complexity index is 720. The molecule has 2 aliphatic heterocycles. The number of hydrogen-bond donors (Lipinski definition) is 0. The molecular weight excluding hydrogens is 312 g/mol. The lowest BCUT2D eigenvalue weighted by atomic mass is 9.62. The van der Waals surface area contributed by atoms with E-state index < -0.39 is 0 Å². The maximum atomic E-state index is 12.6. The molecule has 0 aromatic rings. The Morgan fingerprint density at radius 2 is 1.36 bits per heavy atom. The molecule has 8 rings (SSSR count). The van der Waals surface area contributed by atoms with Crippen LogP contribution in [0.2, 0.25) is 0 Å². The van der Waals surface area contributed by atoms with Gasteiger partial charge in [0.25, 0.3) is 0 Å². The molecule has 3 heteroatoms. The lowest BCUT2D eigenvalue weighted by molar-refractivity contribution is -0.302. The van der Waals surface area contributed by atoms with Gasteiger partial charge in [-0.05, 0) is 84.9 Å². The van der Waals surface area contributed by atoms with Crippen LogP contribution in [0.25, 0.3) is 0 Å². The number of aldehydes is 1. The van der Waals surface area contributed by atoms with Crippen molar-refractivity contribution in [2.24, 2.45) is 70.0 Å². The summed E-state index contributed by atoms with van der Waals surface area (Å²) in [7, 11) is 0. The summed E-state index contributed by atoms with van der Waals surface area (Å²) in [6.45, 7) is 4.92. The average molecular weight is 340 g/mol. The number of carbonyl (C=O) groups is 1. The van der Waals surface area contributed by atoms with E-state index in [1.807, 2.05) is 0 Å². The Labute approximate surface area is 149 Å². The van der Waals surface area contributed by atoms with Gasteiger partial charge in [0, 0.05) is 10.8 Å². The van der Waals surface area contributed by atoms with Crippen LogP contribution in [0.4, 0.5) is 0 Å². The largest absolute Gasteiger partial charge is 0.349 e. The molecule has 8 aliphatic rings. The Morgan fingerprint density at radius 3 is 2.04 bits per heavy atom. The fourth-order valence-electron chi connectivity index (χ4n) is 11.6. The van der Waals surface area contributed by atoms with Crippen molar-refractivity contribution in [2.75, 3.05) is 0 Å². The average Bonchev–Trinajstić information content (AvgIpc) is 3.32. The molecule has 0 aromatic heterocycles. The molecule has 0 radical (unpaired) electrons. The first kappa shape index (κ1) is 13.7. The second-order valence-corrected chi connectivity index (χ2v) is 11.4. The summed E-state index contributed by atoms with van der Waals surface area (Å²) in [6.07, 6.45) is 7.30. The van der Waals surface area contributed by atoms with Crippen LogP contribution in [-0.2, 0) is 14.3 Å². The van der Waals surface area contributed by atoms with E-state index in [0.29, 0.717) is 30.0 Å². The van der Waals surface area contributed by atoms with Crippen molar-refractivity contribution in [2.45, 2.75) is 58.0 Å². The van der Waals surface area contributed by atoms with Gasteiger partial charge in [-0.1, -0.05) is 13.8 Å². The van der Waals surface area contributed by atoms with Crippen molar-refractivity contribution < 1.29 is 14.3 Å². The van der Waals surface area contributed by atoms with Gasteiger partial charge in [0.15, 0.2) is 6.29 Å². The second kappa shape index (κ2) is 3.63. The van der Waals surface area contributed by atoms with Crippen LogP contribution in [0.5, 0.6) is 0 Å². The predicted molar refractivity (Wildman–Crippen MR) is 89.2 cm³/mol. The number of hydrogen-bond acceptors (Lipinski definition) is 3. The molecule has 15 atom stereocenters. The van der Waals surface area contributed by atoms with E-state index in [0.717, 1.165) is 41.4 Å². The topological polar surface area (TPSA) is 35.5 Å². The first-order valence-corrected chi connectivity index (χ1v) is 10.9. The van der Waals surface area contributed by atoms with Crippen molar-refractivity contribution >= 4 is 6.29 Å². The maximum Gasteiger partial charge on any atom is 0.164 e. The Balaban J connectivity index is 1.48. The predicted octanol–water partition coefficient (Wildman–Crippen LogP) is 3.13. The molecule has 0 amide bonds. The minimum atomic E-state index is -0.0932. The highest BCUT2D eigenvalue weighted by molar-refractivity contribution is 5.63. The molecule has 0 spiro atoms. The SMILES string of the molecule is C[C@@]1(C=O)[C@H]2[C@@H]3[C@H]4[C@H]1[C@@H]1CC[C@@H]5O[C@@H]6O[C@H]7CC[C@@H]([C@@H]27)[C@H]3[C@@]6(C)[C@@H]4[C@H]15. The minimum Gasteiger partial charge on any atom is -0.349 e. The molecule has 0 aromatic carbocycles. The molecule has 2 saturated heterocycles. The van der Waals surface area contributed by atoms with Crippen molar-refractivity contribution in [1.82, 2.24) is 0 Å². The maximum absolute atomic E-state index is 12.6. The zero-order valence-corrected chi connectivity index (χ0v) is 15.1. The molecule has 0 unspecified atom stereocenters. The summed E-state index contributed by atoms with van der Waals surface area (Å²) in [5.41, 5.74) is 0.134. The van der Waals surface area contributed by atoms with Crippen LogP contribution in [0, 0.1) is 70.0 Å². The fourth-order valence-corrected chi connectivity index (χ4v) is 11.6. The van der Waals surface area contributed by atoms with E-state index in [1.54, 1.807) is 0 Å². The van der Waals surface area contributed by atoms with E-state index in [1.165, 1.54) is 32.0 Å². The summed E-state index contributed by atoms with van der Waals surface area (Å²) in [5.74, 6) is 7.30. The number of fused-ring (bicyclic) bond motifs is 1. The molecule has 25 heavy (non-hydrogen) atoms. The summed E-state index contributed by atoms with van der Waals surface area (Å²) in [4.78, 5) is 12.6. The molecule has 6 saturated carbocycles. The highest BCUT2D eigenvalue weighted by Crippen LogP contribution is 2.87. The van der Waals surface area contributed by atoms with Crippen LogP contribution in [-0.4, -0.2) is 24.8 Å². The minimum absolute atomic E-state index is 0.0492. The van der Waals surface area contributed by atoms with Crippen LogP contribution in [0.15, 0.2) is 0 Å². The van der Waals surface area contributed by atoms with Gasteiger partial charge in [0.1, 0.15) is 6.29 Å². The van der Waals surface area contributed by atoms with Crippen LogP contribution in [0.1, 0.15) is 39.5 Å². The van der Waals surface area contributed by atoms with E-state index >= 15 is 0 Å². The van der Waals surface area contributed by atoms with E-state index in [-0.39, 0.29) is 17.1 Å². The molecular formula is C22H28O3. The van der Waals surface area contributed by atoms with Crippen molar-refractivity contribution in [3.8, 4) is 0 Å². The van der Waals surface area contributed by atoms with Crippen LogP contribution >= 0.6 is 0 Å². The van der Waals surface area contributed by atoms with Gasteiger partial charge >= 0.3 is 0 Å². The second-order valence-electron chi connectivity index (χ2n) is 11.4. The first-order valence-electron chi connectivity index (χ1n) is 10.9. The van der Waals surface area contributed by atoms with E-state index in [9.17, 15) is 4.79 Å². The summed E-state index contributed by atoms with van der Waals surface area (Å²) in [6, 6.07) is 0. The summed E-state index contributed by atoms with van der Waals surface area (Å²) < 4.78 is 13.6. The van der Waals surface area contributed by atoms with Gasteiger partial charge < -0.3 is 14.3 Å². The van der Waals surface area contributed by atoms with Crippen LogP contribution < -0.4 is 0 Å². The highest BCUT2D eigenvalue weighted by Gasteiger charge is 2.86. The third kappa shape index (κ3) is 1.04. The van der Waals surface area contributed by atoms with Gasteiger partial charge in [-0.3, -0.25) is 0 Å². The van der Waals surface area contributed by atoms with Crippen molar-refractivity contribution in [3.05, 3.63) is 0 Å². The van der Waals surface area contributed by atoms with E-state index in [2.05, 4.69) is 13.8 Å². The standard InChI is InChI=1S/C22H28O3/c1-21(7-23)16-8-3-5-11-13(8)19-14(16)15-17-9-4-6-10(12(9)18(15)21)24-20(25-11)22(17,19)2/h7-20H,3-6H2,1-2H3/t8-,9+,10+,11+,12-,13-,14+,15-,16-,17-,18-,19-,20+,21+,22+/m1/s1. The van der Waals surface area contributed by atoms with Gasteiger partial charge in [-0.25, -0.2) is 0 Å². The molecule has 3 nitrogen and oxygen atoms in total. The van der Waals surface area contributed by atoms with Crippen molar-refractivity contribution in [1.29, 1.82) is 0 Å². The van der Waals surface area contributed by atoms with E-state index in [4.69, 9.17) is 9.47 Å². The van der Waals surface area contributed by atoms with Gasteiger partial charge in [-0.15, -0.1) is 0 Å². The van der Waals surface area contributed by atoms with Crippen LogP contribution in [0.3, 0.4) is 0 Å². The zero-order chi connectivity index (χ0) is 16.5. The lowest BCUT2D eigenvalue weighted by Gasteiger charge is -2.52. The summed E-state index contributed by atoms with van der Waals surface area (Å²) in [5, 5.41) is 0. The van der Waals surface area contributed by atoms with Gasteiger partial charge in [0.05, 0.1) is 12.2 Å². The molecule has 2 heterocycles. The molecule has 134 valence electrons. The Kier molecular flexibility index (Phi) is 1.99. The molecule has 6 aliphatic carbocycles. The number of rotatable bonds is 1. The molecule has 8 fully saturated rings. The number of ether oxygens (including phenoxy) is 2. The summed E-state index contributed by atoms with van der Waals surface area (Å²) >= 11 is 0. The Morgan fingerprint density at radius 1 is 0.760 bits per heavy atom. The number of carbonyl (C=O) groups excluding carboxylic acids is 1. The first-order chi connectivity index (χ1) is 12.1. The third-order valence-corrected chi connectivity index (χ3v) is 11.5. The molecule has 0 N–H and O–H groups in total. The quantitative estimate of drug-likeness (QED) is 0.688. The van der Waals surface area contributed by atoms with Gasteiger partial charge in [-0.2, -0.15) is 0 Å². The monoisotopic (exact) mass is 340 g/mol. The fraction of sp³-hybridized carbons (Fsp3) is 0.955. The zero-order valence-electron chi connectivity index (χ0n) is 15.1. The third-order valence-electron chi connectivity index (χ3n) is 11.5. The van der Waals surface area contributed by atoms with Gasteiger partial charge in [0.2, 0.25) is 0 Å². The highest BCUT2D eigenvalue weighted by atomic mass is 16.7. The Hall–Kier alpha value is -0.410. The lowest BCUT2D eigenvalue weighted by Crippen LogP contribution is -2.55.